The van der Waals surface area contributed by atoms with Crippen LogP contribution in [0.2, 0.25) is 0 Å². The van der Waals surface area contributed by atoms with Gasteiger partial charge in [0.15, 0.2) is 0 Å². The van der Waals surface area contributed by atoms with E-state index in [2.05, 4.69) is 25.6 Å². The molecule has 1 aromatic carbocycles. The first-order valence-electron chi connectivity index (χ1n) is 8.56. The average Bonchev–Trinajstić information content (AvgIpc) is 2.68. The fraction of sp³-hybridized carbons (Fsp3) is 0.200. The van der Waals surface area contributed by atoms with Gasteiger partial charge in [-0.3, -0.25) is 9.78 Å². The molecule has 1 amide bonds. The van der Waals surface area contributed by atoms with E-state index in [4.69, 9.17) is 0 Å². The zero-order chi connectivity index (χ0) is 18.4. The zero-order valence-electron chi connectivity index (χ0n) is 14.9. The van der Waals surface area contributed by atoms with E-state index >= 15 is 0 Å². The van der Waals surface area contributed by atoms with Crippen molar-refractivity contribution in [2.24, 2.45) is 0 Å². The summed E-state index contributed by atoms with van der Waals surface area (Å²) in [5.41, 5.74) is 4.12. The van der Waals surface area contributed by atoms with Crippen LogP contribution in [-0.2, 0) is 0 Å². The van der Waals surface area contributed by atoms with Crippen molar-refractivity contribution >= 4 is 17.5 Å². The van der Waals surface area contributed by atoms with Gasteiger partial charge in [0, 0.05) is 41.9 Å². The van der Waals surface area contributed by atoms with Crippen molar-refractivity contribution in [2.45, 2.75) is 20.3 Å². The number of pyridine rings is 1. The number of hydrogen-bond acceptors (Lipinski definition) is 5. The van der Waals surface area contributed by atoms with E-state index in [0.29, 0.717) is 18.1 Å². The average molecular weight is 347 g/mol. The third-order valence-electron chi connectivity index (χ3n) is 3.89. The number of nitrogens with one attached hydrogen (secondary N) is 2. The van der Waals surface area contributed by atoms with Gasteiger partial charge in [-0.2, -0.15) is 0 Å². The lowest BCUT2D eigenvalue weighted by atomic mass is 10.1. The minimum atomic E-state index is -0.0834. The second-order valence-corrected chi connectivity index (χ2v) is 5.92. The highest BCUT2D eigenvalue weighted by molar-refractivity contribution is 5.95. The van der Waals surface area contributed by atoms with E-state index in [1.807, 2.05) is 50.2 Å². The van der Waals surface area contributed by atoms with Gasteiger partial charge in [-0.15, -0.1) is 0 Å². The summed E-state index contributed by atoms with van der Waals surface area (Å²) in [6.07, 6.45) is 6.08. The largest absolute Gasteiger partial charge is 0.352 e. The molecule has 6 heteroatoms. The van der Waals surface area contributed by atoms with Crippen LogP contribution in [0.5, 0.6) is 0 Å². The lowest BCUT2D eigenvalue weighted by molar-refractivity contribution is 0.0953. The Labute approximate surface area is 152 Å². The number of hydrogen-bond donors (Lipinski definition) is 2. The Kier molecular flexibility index (Phi) is 5.53. The summed E-state index contributed by atoms with van der Waals surface area (Å²) in [4.78, 5) is 25.1. The first-order valence-corrected chi connectivity index (χ1v) is 8.56. The van der Waals surface area contributed by atoms with Crippen LogP contribution in [0.15, 0.2) is 55.0 Å². The number of aromatic nitrogens is 3. The Hall–Kier alpha value is -3.28. The van der Waals surface area contributed by atoms with Crippen LogP contribution in [0, 0.1) is 6.92 Å². The van der Waals surface area contributed by atoms with Crippen molar-refractivity contribution in [1.29, 1.82) is 0 Å². The molecule has 2 N–H and O–H groups in total. The number of benzene rings is 1. The lowest BCUT2D eigenvalue weighted by Gasteiger charge is -2.11. The molecule has 0 atom stereocenters. The highest BCUT2D eigenvalue weighted by Crippen LogP contribution is 2.22. The molecule has 0 bridgehead atoms. The molecule has 3 aromatic rings. The van der Waals surface area contributed by atoms with Gasteiger partial charge in [0.05, 0.1) is 5.69 Å². The molecule has 0 unspecified atom stereocenters. The van der Waals surface area contributed by atoms with Gasteiger partial charge in [0.25, 0.3) is 5.91 Å². The van der Waals surface area contributed by atoms with E-state index < -0.39 is 0 Å². The van der Waals surface area contributed by atoms with Crippen LogP contribution in [0.3, 0.4) is 0 Å². The lowest BCUT2D eigenvalue weighted by Crippen LogP contribution is -2.24. The van der Waals surface area contributed by atoms with Gasteiger partial charge in [0.2, 0.25) is 5.95 Å². The molecule has 0 fully saturated rings. The molecule has 132 valence electrons. The third-order valence-corrected chi connectivity index (χ3v) is 3.89. The number of rotatable bonds is 6. The van der Waals surface area contributed by atoms with Crippen LogP contribution < -0.4 is 10.6 Å². The number of carbonyl (C=O) groups is 1. The van der Waals surface area contributed by atoms with Gasteiger partial charge < -0.3 is 10.6 Å². The predicted molar refractivity (Wildman–Crippen MR) is 102 cm³/mol. The van der Waals surface area contributed by atoms with Crippen molar-refractivity contribution < 1.29 is 4.79 Å². The molecule has 0 spiro atoms. The number of carbonyl (C=O) groups excluding carboxylic acids is 1. The summed E-state index contributed by atoms with van der Waals surface area (Å²) in [7, 11) is 0. The topological polar surface area (TPSA) is 79.8 Å². The van der Waals surface area contributed by atoms with E-state index in [-0.39, 0.29) is 5.91 Å². The first kappa shape index (κ1) is 17.5. The highest BCUT2D eigenvalue weighted by Gasteiger charge is 2.09. The minimum absolute atomic E-state index is 0.0834. The zero-order valence-corrected chi connectivity index (χ0v) is 14.9. The van der Waals surface area contributed by atoms with E-state index in [0.717, 1.165) is 28.9 Å². The van der Waals surface area contributed by atoms with Crippen molar-refractivity contribution in [2.75, 3.05) is 11.9 Å². The van der Waals surface area contributed by atoms with Crippen LogP contribution >= 0.6 is 0 Å². The van der Waals surface area contributed by atoms with Crippen molar-refractivity contribution in [3.8, 4) is 11.3 Å². The fourth-order valence-electron chi connectivity index (χ4n) is 2.45. The summed E-state index contributed by atoms with van der Waals surface area (Å²) < 4.78 is 0. The van der Waals surface area contributed by atoms with Crippen molar-refractivity contribution in [3.63, 3.8) is 0 Å². The Morgan fingerprint density at radius 1 is 1.15 bits per heavy atom. The van der Waals surface area contributed by atoms with Gasteiger partial charge >= 0.3 is 0 Å². The molecule has 0 aliphatic heterocycles. The Balaban J connectivity index is 1.84. The van der Waals surface area contributed by atoms with Gasteiger partial charge in [-0.05, 0) is 49.2 Å². The molecule has 0 saturated heterocycles. The summed E-state index contributed by atoms with van der Waals surface area (Å²) in [6.45, 7) is 4.65. The molecule has 0 aliphatic carbocycles. The summed E-state index contributed by atoms with van der Waals surface area (Å²) in [5.74, 6) is 0.389. The second kappa shape index (κ2) is 8.20. The number of aryl methyl sites for hydroxylation is 1. The molecule has 0 saturated carbocycles. The smallest absolute Gasteiger partial charge is 0.251 e. The first-order chi connectivity index (χ1) is 12.7. The van der Waals surface area contributed by atoms with Gasteiger partial charge in [-0.1, -0.05) is 13.0 Å². The van der Waals surface area contributed by atoms with E-state index in [1.165, 1.54) is 0 Å². The van der Waals surface area contributed by atoms with Gasteiger partial charge in [-0.25, -0.2) is 9.97 Å². The summed E-state index contributed by atoms with van der Waals surface area (Å²) >= 11 is 0. The maximum Gasteiger partial charge on any atom is 0.251 e. The van der Waals surface area contributed by atoms with E-state index in [1.54, 1.807) is 18.6 Å². The van der Waals surface area contributed by atoms with Crippen LogP contribution in [0.25, 0.3) is 11.3 Å². The second-order valence-electron chi connectivity index (χ2n) is 5.92. The monoisotopic (exact) mass is 347 g/mol. The van der Waals surface area contributed by atoms with Crippen LogP contribution in [0.1, 0.15) is 29.3 Å². The molecule has 0 aliphatic rings. The third kappa shape index (κ3) is 4.22. The van der Waals surface area contributed by atoms with Crippen LogP contribution in [-0.4, -0.2) is 27.4 Å². The Morgan fingerprint density at radius 2 is 2.04 bits per heavy atom. The molecular weight excluding hydrogens is 326 g/mol. The fourth-order valence-corrected chi connectivity index (χ4v) is 2.45. The number of anilines is 2. The van der Waals surface area contributed by atoms with Crippen molar-refractivity contribution in [3.05, 3.63) is 66.1 Å². The molecule has 2 aromatic heterocycles. The molecule has 0 radical (unpaired) electrons. The number of amides is 1. The van der Waals surface area contributed by atoms with Gasteiger partial charge in [0.1, 0.15) is 0 Å². The predicted octanol–water partition coefficient (Wildman–Crippen LogP) is 3.73. The molecule has 6 nitrogen and oxygen atoms in total. The summed E-state index contributed by atoms with van der Waals surface area (Å²) in [6, 6.07) is 11.2. The Bertz CT molecular complexity index is 896. The minimum Gasteiger partial charge on any atom is -0.352 e. The SMILES string of the molecule is CCCNC(=O)c1ccc(C)c(Nc2nccc(-c3cccnc3)n2)c1. The quantitative estimate of drug-likeness (QED) is 0.710. The van der Waals surface area contributed by atoms with Crippen LogP contribution in [0.4, 0.5) is 11.6 Å². The normalized spacial score (nSPS) is 10.4. The molecule has 2 heterocycles. The highest BCUT2D eigenvalue weighted by atomic mass is 16.1. The number of nitrogens with zero attached hydrogens (tertiary/aromatic N) is 3. The molecule has 3 rings (SSSR count). The molecular formula is C20H21N5O. The van der Waals surface area contributed by atoms with Crippen molar-refractivity contribution in [1.82, 2.24) is 20.3 Å². The maximum absolute atomic E-state index is 12.2. The molecule has 26 heavy (non-hydrogen) atoms. The summed E-state index contributed by atoms with van der Waals surface area (Å²) in [5, 5.41) is 6.10. The standard InChI is InChI=1S/C20H21N5O/c1-3-9-22-19(26)15-7-6-14(2)18(12-15)25-20-23-11-8-17(24-20)16-5-4-10-21-13-16/h4-8,10-13H,3,9H2,1-2H3,(H,22,26)(H,23,24,25). The maximum atomic E-state index is 12.2. The van der Waals surface area contributed by atoms with E-state index in [9.17, 15) is 4.79 Å². The Morgan fingerprint density at radius 3 is 2.81 bits per heavy atom.